The molecule has 0 radical (unpaired) electrons. The highest BCUT2D eigenvalue weighted by Crippen LogP contribution is 2.29. The van der Waals surface area contributed by atoms with Crippen LogP contribution >= 0.6 is 11.3 Å². The summed E-state index contributed by atoms with van der Waals surface area (Å²) in [6, 6.07) is 9.93. The van der Waals surface area contributed by atoms with E-state index in [4.69, 9.17) is 0 Å². The van der Waals surface area contributed by atoms with Crippen LogP contribution < -0.4 is 10.6 Å². The SMILES string of the molecule is Cc1nc2ccc(NCC(=O)Nc3ccc(C(F)(F)F)cc3)cc2s1. The van der Waals surface area contributed by atoms with Crippen molar-refractivity contribution < 1.29 is 18.0 Å². The summed E-state index contributed by atoms with van der Waals surface area (Å²) in [5, 5.41) is 6.51. The van der Waals surface area contributed by atoms with E-state index in [2.05, 4.69) is 15.6 Å². The van der Waals surface area contributed by atoms with Gasteiger partial charge in [0.25, 0.3) is 0 Å². The number of carbonyl (C=O) groups excluding carboxylic acids is 1. The molecule has 0 aliphatic heterocycles. The van der Waals surface area contributed by atoms with Gasteiger partial charge in [0.2, 0.25) is 5.91 Å². The Labute approximate surface area is 145 Å². The summed E-state index contributed by atoms with van der Waals surface area (Å²) in [5.41, 5.74) is 1.24. The Morgan fingerprint density at radius 3 is 2.48 bits per heavy atom. The predicted octanol–water partition coefficient (Wildman–Crippen LogP) is 4.67. The van der Waals surface area contributed by atoms with Crippen molar-refractivity contribution in [2.75, 3.05) is 17.2 Å². The topological polar surface area (TPSA) is 54.0 Å². The number of fused-ring (bicyclic) bond motifs is 1. The van der Waals surface area contributed by atoms with Gasteiger partial charge in [-0.25, -0.2) is 4.98 Å². The number of anilines is 2. The summed E-state index contributed by atoms with van der Waals surface area (Å²) < 4.78 is 38.5. The van der Waals surface area contributed by atoms with Gasteiger partial charge in [0.15, 0.2) is 0 Å². The van der Waals surface area contributed by atoms with Crippen LogP contribution in [0.5, 0.6) is 0 Å². The molecule has 0 bridgehead atoms. The van der Waals surface area contributed by atoms with Crippen molar-refractivity contribution in [3.8, 4) is 0 Å². The second-order valence-electron chi connectivity index (χ2n) is 5.39. The van der Waals surface area contributed by atoms with Crippen LogP contribution in [-0.2, 0) is 11.0 Å². The van der Waals surface area contributed by atoms with Gasteiger partial charge in [0.05, 0.1) is 27.3 Å². The molecular weight excluding hydrogens is 351 g/mol. The van der Waals surface area contributed by atoms with E-state index >= 15 is 0 Å². The minimum atomic E-state index is -4.39. The maximum absolute atomic E-state index is 12.5. The first-order chi connectivity index (χ1) is 11.8. The van der Waals surface area contributed by atoms with E-state index in [1.165, 1.54) is 12.1 Å². The molecule has 0 aliphatic rings. The average Bonchev–Trinajstić information content (AvgIpc) is 2.92. The van der Waals surface area contributed by atoms with Gasteiger partial charge in [0, 0.05) is 11.4 Å². The lowest BCUT2D eigenvalue weighted by Crippen LogP contribution is -2.21. The minimum Gasteiger partial charge on any atom is -0.376 e. The maximum atomic E-state index is 12.5. The minimum absolute atomic E-state index is 0.00428. The summed E-state index contributed by atoms with van der Waals surface area (Å²) in [7, 11) is 0. The zero-order chi connectivity index (χ0) is 18.0. The van der Waals surface area contributed by atoms with Crippen LogP contribution in [0.2, 0.25) is 0 Å². The molecule has 0 unspecified atom stereocenters. The quantitative estimate of drug-likeness (QED) is 0.706. The zero-order valence-corrected chi connectivity index (χ0v) is 14.0. The van der Waals surface area contributed by atoms with Crippen LogP contribution in [0.1, 0.15) is 10.6 Å². The Morgan fingerprint density at radius 2 is 1.80 bits per heavy atom. The fourth-order valence-corrected chi connectivity index (χ4v) is 3.15. The third-order valence-electron chi connectivity index (χ3n) is 3.44. The number of nitrogens with one attached hydrogen (secondary N) is 2. The predicted molar refractivity (Wildman–Crippen MR) is 92.9 cm³/mol. The number of hydrogen-bond donors (Lipinski definition) is 2. The Morgan fingerprint density at radius 1 is 1.12 bits per heavy atom. The molecule has 0 fully saturated rings. The Bertz CT molecular complexity index is 904. The molecule has 0 saturated carbocycles. The maximum Gasteiger partial charge on any atom is 0.416 e. The van der Waals surface area contributed by atoms with Gasteiger partial charge in [-0.2, -0.15) is 13.2 Å². The number of alkyl halides is 3. The molecule has 0 saturated heterocycles. The van der Waals surface area contributed by atoms with Gasteiger partial charge in [-0.3, -0.25) is 4.79 Å². The summed E-state index contributed by atoms with van der Waals surface area (Å²) in [5.74, 6) is -0.347. The first kappa shape index (κ1) is 17.2. The lowest BCUT2D eigenvalue weighted by molar-refractivity contribution is -0.137. The second-order valence-corrected chi connectivity index (χ2v) is 6.63. The van der Waals surface area contributed by atoms with Gasteiger partial charge in [0.1, 0.15) is 0 Å². The van der Waals surface area contributed by atoms with Crippen molar-refractivity contribution in [2.45, 2.75) is 13.1 Å². The van der Waals surface area contributed by atoms with E-state index in [0.29, 0.717) is 5.69 Å². The van der Waals surface area contributed by atoms with Crippen LogP contribution in [0.4, 0.5) is 24.5 Å². The summed E-state index contributed by atoms with van der Waals surface area (Å²) >= 11 is 1.56. The lowest BCUT2D eigenvalue weighted by atomic mass is 10.2. The van der Waals surface area contributed by atoms with Gasteiger partial charge in [-0.1, -0.05) is 0 Å². The lowest BCUT2D eigenvalue weighted by Gasteiger charge is -2.10. The molecule has 3 aromatic rings. The largest absolute Gasteiger partial charge is 0.416 e. The molecule has 8 heteroatoms. The standard InChI is InChI=1S/C17H14F3N3OS/c1-10-22-14-7-6-13(8-15(14)25-10)21-9-16(24)23-12-4-2-11(3-5-12)17(18,19)20/h2-8,21H,9H2,1H3,(H,23,24). The molecule has 1 heterocycles. The smallest absolute Gasteiger partial charge is 0.376 e. The van der Waals surface area contributed by atoms with Crippen molar-refractivity contribution in [1.82, 2.24) is 4.98 Å². The number of halogens is 3. The highest BCUT2D eigenvalue weighted by atomic mass is 32.1. The first-order valence-electron chi connectivity index (χ1n) is 7.39. The van der Waals surface area contributed by atoms with Gasteiger partial charge < -0.3 is 10.6 Å². The third-order valence-corrected chi connectivity index (χ3v) is 4.38. The number of carbonyl (C=O) groups is 1. The fourth-order valence-electron chi connectivity index (χ4n) is 2.28. The van der Waals surface area contributed by atoms with Crippen LogP contribution in [0.3, 0.4) is 0 Å². The molecule has 4 nitrogen and oxygen atoms in total. The number of thiazole rings is 1. The molecule has 2 aromatic carbocycles. The van der Waals surface area contributed by atoms with Gasteiger partial charge in [-0.15, -0.1) is 11.3 Å². The molecule has 1 aromatic heterocycles. The van der Waals surface area contributed by atoms with Crippen molar-refractivity contribution in [3.05, 3.63) is 53.0 Å². The number of aromatic nitrogens is 1. The van der Waals surface area contributed by atoms with Gasteiger partial charge >= 0.3 is 6.18 Å². The second kappa shape index (κ2) is 6.72. The molecule has 25 heavy (non-hydrogen) atoms. The summed E-state index contributed by atoms with van der Waals surface area (Å²) in [6.07, 6.45) is -4.39. The molecule has 0 spiro atoms. The number of aryl methyl sites for hydroxylation is 1. The Balaban J connectivity index is 1.58. The van der Waals surface area contributed by atoms with Crippen molar-refractivity contribution in [1.29, 1.82) is 0 Å². The number of hydrogen-bond acceptors (Lipinski definition) is 4. The van der Waals surface area contributed by atoms with E-state index in [1.54, 1.807) is 11.3 Å². The molecule has 3 rings (SSSR count). The van der Waals surface area contributed by atoms with Gasteiger partial charge in [-0.05, 0) is 49.4 Å². The van der Waals surface area contributed by atoms with Crippen molar-refractivity contribution in [3.63, 3.8) is 0 Å². The molecule has 0 aliphatic carbocycles. The van der Waals surface area contributed by atoms with Crippen LogP contribution in [0, 0.1) is 6.92 Å². The van der Waals surface area contributed by atoms with E-state index in [-0.39, 0.29) is 12.5 Å². The van der Waals surface area contributed by atoms with E-state index < -0.39 is 11.7 Å². The number of nitrogens with zero attached hydrogens (tertiary/aromatic N) is 1. The molecule has 0 atom stereocenters. The van der Waals surface area contributed by atoms with E-state index in [9.17, 15) is 18.0 Å². The van der Waals surface area contributed by atoms with Crippen molar-refractivity contribution >= 4 is 38.8 Å². The molecule has 2 N–H and O–H groups in total. The summed E-state index contributed by atoms with van der Waals surface area (Å²) in [6.45, 7) is 1.93. The molecule has 130 valence electrons. The molecular formula is C17H14F3N3OS. The Hall–Kier alpha value is -2.61. The fraction of sp³-hybridized carbons (Fsp3) is 0.176. The number of amides is 1. The van der Waals surface area contributed by atoms with Crippen LogP contribution in [-0.4, -0.2) is 17.4 Å². The highest BCUT2D eigenvalue weighted by Gasteiger charge is 2.29. The van der Waals surface area contributed by atoms with E-state index in [0.717, 1.165) is 33.0 Å². The van der Waals surface area contributed by atoms with E-state index in [1.807, 2.05) is 25.1 Å². The Kier molecular flexibility index (Phi) is 4.63. The zero-order valence-electron chi connectivity index (χ0n) is 13.1. The number of benzene rings is 2. The first-order valence-corrected chi connectivity index (χ1v) is 8.21. The van der Waals surface area contributed by atoms with Crippen LogP contribution in [0.25, 0.3) is 10.2 Å². The summed E-state index contributed by atoms with van der Waals surface area (Å²) in [4.78, 5) is 16.3. The third kappa shape index (κ3) is 4.27. The molecule has 1 amide bonds. The number of rotatable bonds is 4. The van der Waals surface area contributed by atoms with Crippen molar-refractivity contribution in [2.24, 2.45) is 0 Å². The van der Waals surface area contributed by atoms with Crippen LogP contribution in [0.15, 0.2) is 42.5 Å². The average molecular weight is 365 g/mol. The normalized spacial score (nSPS) is 11.5. The highest BCUT2D eigenvalue weighted by molar-refractivity contribution is 7.18. The monoisotopic (exact) mass is 365 g/mol.